The second kappa shape index (κ2) is 7.81. The van der Waals surface area contributed by atoms with E-state index in [0.29, 0.717) is 24.8 Å². The van der Waals surface area contributed by atoms with Gasteiger partial charge in [0.05, 0.1) is 0 Å². The summed E-state index contributed by atoms with van der Waals surface area (Å²) in [6, 6.07) is 7.85. The molecule has 1 unspecified atom stereocenters. The van der Waals surface area contributed by atoms with Gasteiger partial charge < -0.3 is 20.0 Å². The van der Waals surface area contributed by atoms with E-state index in [0.717, 1.165) is 36.0 Å². The molecule has 1 amide bonds. The number of carbonyl (C=O) groups is 1. The highest BCUT2D eigenvalue weighted by Crippen LogP contribution is 2.26. The van der Waals surface area contributed by atoms with Gasteiger partial charge >= 0.3 is 0 Å². The van der Waals surface area contributed by atoms with E-state index >= 15 is 0 Å². The first-order valence-electron chi connectivity index (χ1n) is 8.79. The number of para-hydroxylation sites is 1. The number of hydrogen-bond acceptors (Lipinski definition) is 4. The van der Waals surface area contributed by atoms with Crippen LogP contribution in [0.15, 0.2) is 28.7 Å². The number of piperidine rings is 1. The molecule has 0 spiro atoms. The molecule has 1 aromatic carbocycles. The van der Waals surface area contributed by atoms with Crippen LogP contribution < -0.4 is 10.6 Å². The van der Waals surface area contributed by atoms with Crippen LogP contribution in [-0.2, 0) is 6.54 Å². The van der Waals surface area contributed by atoms with Crippen LogP contribution in [0.4, 0.5) is 0 Å². The average Bonchev–Trinajstić information content (AvgIpc) is 2.94. The minimum Gasteiger partial charge on any atom is -0.451 e. The minimum absolute atomic E-state index is 0.105. The molecule has 0 radical (unpaired) electrons. The Kier molecular flexibility index (Phi) is 5.53. The number of nitrogens with zero attached hydrogens (tertiary/aromatic N) is 1. The van der Waals surface area contributed by atoms with Crippen LogP contribution in [0.3, 0.4) is 0 Å². The van der Waals surface area contributed by atoms with E-state index in [4.69, 9.17) is 4.42 Å². The van der Waals surface area contributed by atoms with Gasteiger partial charge in [0.1, 0.15) is 5.58 Å². The first kappa shape index (κ1) is 17.0. The summed E-state index contributed by atoms with van der Waals surface area (Å²) in [5, 5.41) is 7.48. The third-order valence-electron chi connectivity index (χ3n) is 4.62. The molecule has 5 nitrogen and oxygen atoms in total. The van der Waals surface area contributed by atoms with E-state index in [2.05, 4.69) is 15.5 Å². The normalized spacial score (nSPS) is 18.2. The molecule has 1 aliphatic rings. The van der Waals surface area contributed by atoms with E-state index in [9.17, 15) is 4.79 Å². The first-order valence-corrected chi connectivity index (χ1v) is 8.79. The van der Waals surface area contributed by atoms with Gasteiger partial charge in [-0.3, -0.25) is 4.79 Å². The summed E-state index contributed by atoms with van der Waals surface area (Å²) >= 11 is 0. The lowest BCUT2D eigenvalue weighted by Crippen LogP contribution is -2.33. The zero-order valence-corrected chi connectivity index (χ0v) is 14.6. The maximum Gasteiger partial charge on any atom is 0.287 e. The van der Waals surface area contributed by atoms with Crippen LogP contribution in [0.1, 0.15) is 35.4 Å². The molecule has 24 heavy (non-hydrogen) atoms. The number of nitrogens with one attached hydrogen (secondary N) is 2. The fraction of sp³-hybridized carbons (Fsp3) is 0.526. The molecule has 1 aliphatic heterocycles. The Morgan fingerprint density at radius 2 is 2.21 bits per heavy atom. The molecular formula is C19H27N3O2. The molecule has 1 saturated heterocycles. The van der Waals surface area contributed by atoms with Crippen LogP contribution in [0.25, 0.3) is 11.0 Å². The molecule has 0 bridgehead atoms. The standard InChI is InChI=1S/C19H27N3O2/c1-22(2)13-16-15-7-3-4-8-17(15)24-18(16)19(23)21-11-9-14-6-5-10-20-12-14/h3-4,7-8,14,20H,5-6,9-13H2,1-2H3,(H,21,23). The number of furan rings is 1. The maximum absolute atomic E-state index is 12.6. The van der Waals surface area contributed by atoms with Crippen molar-refractivity contribution in [3.8, 4) is 0 Å². The second-order valence-corrected chi connectivity index (χ2v) is 6.90. The molecule has 0 aliphatic carbocycles. The molecular weight excluding hydrogens is 302 g/mol. The van der Waals surface area contributed by atoms with Gasteiger partial charge in [-0.25, -0.2) is 0 Å². The fourth-order valence-corrected chi connectivity index (χ4v) is 3.40. The minimum atomic E-state index is -0.105. The van der Waals surface area contributed by atoms with Gasteiger partial charge in [0, 0.05) is 24.0 Å². The maximum atomic E-state index is 12.6. The van der Waals surface area contributed by atoms with E-state index in [-0.39, 0.29) is 5.91 Å². The molecule has 2 N–H and O–H groups in total. The second-order valence-electron chi connectivity index (χ2n) is 6.90. The lowest BCUT2D eigenvalue weighted by Gasteiger charge is -2.22. The van der Waals surface area contributed by atoms with Gasteiger partial charge in [0.2, 0.25) is 0 Å². The summed E-state index contributed by atoms with van der Waals surface area (Å²) in [6.07, 6.45) is 3.50. The Morgan fingerprint density at radius 1 is 1.38 bits per heavy atom. The van der Waals surface area contributed by atoms with Gasteiger partial charge in [0.15, 0.2) is 5.76 Å². The predicted molar refractivity (Wildman–Crippen MR) is 96.1 cm³/mol. The van der Waals surface area contributed by atoms with Crippen molar-refractivity contribution in [2.24, 2.45) is 5.92 Å². The zero-order valence-electron chi connectivity index (χ0n) is 14.6. The molecule has 1 aromatic heterocycles. The number of carbonyl (C=O) groups excluding carboxylic acids is 1. The third-order valence-corrected chi connectivity index (χ3v) is 4.62. The van der Waals surface area contributed by atoms with Crippen LogP contribution in [0.2, 0.25) is 0 Å². The quantitative estimate of drug-likeness (QED) is 0.855. The largest absolute Gasteiger partial charge is 0.451 e. The van der Waals surface area contributed by atoms with Gasteiger partial charge in [-0.05, 0) is 58.4 Å². The van der Waals surface area contributed by atoms with E-state index < -0.39 is 0 Å². The van der Waals surface area contributed by atoms with Crippen molar-refractivity contribution in [3.63, 3.8) is 0 Å². The molecule has 1 fully saturated rings. The summed E-state index contributed by atoms with van der Waals surface area (Å²) in [4.78, 5) is 14.7. The summed E-state index contributed by atoms with van der Waals surface area (Å²) in [5.74, 6) is 1.01. The van der Waals surface area contributed by atoms with Crippen molar-refractivity contribution >= 4 is 16.9 Å². The SMILES string of the molecule is CN(C)Cc1c(C(=O)NCCC2CCCNC2)oc2ccccc12. The van der Waals surface area contributed by atoms with Gasteiger partial charge in [0.25, 0.3) is 5.91 Å². The molecule has 3 rings (SSSR count). The molecule has 0 saturated carbocycles. The Bertz CT molecular complexity index is 687. The lowest BCUT2D eigenvalue weighted by molar-refractivity contribution is 0.0923. The molecule has 2 heterocycles. The summed E-state index contributed by atoms with van der Waals surface area (Å²) < 4.78 is 5.85. The average molecular weight is 329 g/mol. The van der Waals surface area contributed by atoms with Crippen LogP contribution >= 0.6 is 0 Å². The van der Waals surface area contributed by atoms with Crippen molar-refractivity contribution in [2.45, 2.75) is 25.8 Å². The highest BCUT2D eigenvalue weighted by atomic mass is 16.3. The van der Waals surface area contributed by atoms with Crippen molar-refractivity contribution in [3.05, 3.63) is 35.6 Å². The Labute approximate surface area is 143 Å². The topological polar surface area (TPSA) is 57.5 Å². The number of amides is 1. The molecule has 2 aromatic rings. The van der Waals surface area contributed by atoms with Gasteiger partial charge in [-0.15, -0.1) is 0 Å². The molecule has 130 valence electrons. The van der Waals surface area contributed by atoms with Crippen LogP contribution in [0.5, 0.6) is 0 Å². The molecule has 5 heteroatoms. The smallest absolute Gasteiger partial charge is 0.287 e. The van der Waals surface area contributed by atoms with Crippen LogP contribution in [0, 0.1) is 5.92 Å². The zero-order chi connectivity index (χ0) is 16.9. The molecule has 1 atom stereocenters. The van der Waals surface area contributed by atoms with Crippen molar-refractivity contribution in [2.75, 3.05) is 33.7 Å². The van der Waals surface area contributed by atoms with Gasteiger partial charge in [-0.2, -0.15) is 0 Å². The lowest BCUT2D eigenvalue weighted by atomic mass is 9.96. The monoisotopic (exact) mass is 329 g/mol. The fourth-order valence-electron chi connectivity index (χ4n) is 3.40. The third kappa shape index (κ3) is 3.97. The van der Waals surface area contributed by atoms with E-state index in [1.807, 2.05) is 38.4 Å². The summed E-state index contributed by atoms with van der Waals surface area (Å²) in [7, 11) is 4.00. The number of rotatable bonds is 6. The van der Waals surface area contributed by atoms with E-state index in [1.54, 1.807) is 0 Å². The summed E-state index contributed by atoms with van der Waals surface area (Å²) in [6.45, 7) is 3.57. The Morgan fingerprint density at radius 3 is 2.96 bits per heavy atom. The van der Waals surface area contributed by atoms with Crippen LogP contribution in [-0.4, -0.2) is 44.5 Å². The van der Waals surface area contributed by atoms with Gasteiger partial charge in [-0.1, -0.05) is 18.2 Å². The Balaban J connectivity index is 1.69. The number of fused-ring (bicyclic) bond motifs is 1. The highest BCUT2D eigenvalue weighted by molar-refractivity contribution is 5.99. The van der Waals surface area contributed by atoms with Crippen molar-refractivity contribution in [1.82, 2.24) is 15.5 Å². The first-order chi connectivity index (χ1) is 11.6. The number of benzene rings is 1. The van der Waals surface area contributed by atoms with E-state index in [1.165, 1.54) is 12.8 Å². The predicted octanol–water partition coefficient (Wildman–Crippen LogP) is 2.61. The van der Waals surface area contributed by atoms with Crippen molar-refractivity contribution in [1.29, 1.82) is 0 Å². The number of hydrogen-bond donors (Lipinski definition) is 2. The highest BCUT2D eigenvalue weighted by Gasteiger charge is 2.21. The summed E-state index contributed by atoms with van der Waals surface area (Å²) in [5.41, 5.74) is 1.74. The van der Waals surface area contributed by atoms with Crippen molar-refractivity contribution < 1.29 is 9.21 Å². The Hall–Kier alpha value is -1.85.